The Bertz CT molecular complexity index is 1140. The molecule has 1 atom stereocenters. The number of fused-ring (bicyclic) bond motifs is 1. The van der Waals surface area contributed by atoms with E-state index in [1.165, 1.54) is 17.0 Å². The van der Waals surface area contributed by atoms with Gasteiger partial charge in [0.2, 0.25) is 5.91 Å². The summed E-state index contributed by atoms with van der Waals surface area (Å²) < 4.78 is 16.1. The van der Waals surface area contributed by atoms with Gasteiger partial charge < -0.3 is 19.7 Å². The molecule has 2 heterocycles. The third kappa shape index (κ3) is 4.92. The molecule has 0 radical (unpaired) electrons. The molecule has 2 aromatic carbocycles. The van der Waals surface area contributed by atoms with Crippen LogP contribution in [0.15, 0.2) is 66.9 Å². The molecule has 1 aliphatic heterocycles. The van der Waals surface area contributed by atoms with E-state index < -0.39 is 6.04 Å². The van der Waals surface area contributed by atoms with Crippen molar-refractivity contribution in [2.24, 2.45) is 0 Å². The van der Waals surface area contributed by atoms with Crippen molar-refractivity contribution in [3.05, 3.63) is 89.5 Å². The maximum atomic E-state index is 14.0. The molecule has 0 spiro atoms. The zero-order chi connectivity index (χ0) is 23.5. The number of benzene rings is 2. The highest BCUT2D eigenvalue weighted by molar-refractivity contribution is 5.92. The van der Waals surface area contributed by atoms with E-state index in [4.69, 9.17) is 0 Å². The fourth-order valence-corrected chi connectivity index (χ4v) is 4.24. The SMILES string of the molecule is Cc1ccc(NC(=O)N(CC(=O)N2CCn3cccc3C2c2cccc(F)c2)C(C)C)cc1. The molecule has 0 saturated heterocycles. The molecule has 0 fully saturated rings. The number of carbonyl (C=O) groups is 2. The lowest BCUT2D eigenvalue weighted by Crippen LogP contribution is -2.50. The number of hydrogen-bond donors (Lipinski definition) is 1. The van der Waals surface area contributed by atoms with E-state index in [0.29, 0.717) is 24.3 Å². The van der Waals surface area contributed by atoms with Gasteiger partial charge in [0.25, 0.3) is 0 Å². The predicted octanol–water partition coefficient (Wildman–Crippen LogP) is 4.81. The molecule has 1 aliphatic rings. The monoisotopic (exact) mass is 448 g/mol. The summed E-state index contributed by atoms with van der Waals surface area (Å²) in [5.74, 6) is -0.519. The molecule has 1 N–H and O–H groups in total. The van der Waals surface area contributed by atoms with Gasteiger partial charge in [-0.1, -0.05) is 29.8 Å². The molecule has 33 heavy (non-hydrogen) atoms. The van der Waals surface area contributed by atoms with E-state index in [9.17, 15) is 14.0 Å². The molecule has 3 aromatic rings. The van der Waals surface area contributed by atoms with Crippen molar-refractivity contribution in [2.45, 2.75) is 39.4 Å². The van der Waals surface area contributed by atoms with Crippen LogP contribution in [0.25, 0.3) is 0 Å². The van der Waals surface area contributed by atoms with Crippen LogP contribution in [0.2, 0.25) is 0 Å². The van der Waals surface area contributed by atoms with E-state index in [0.717, 1.165) is 11.3 Å². The summed E-state index contributed by atoms with van der Waals surface area (Å²) in [5.41, 5.74) is 3.42. The van der Waals surface area contributed by atoms with E-state index in [2.05, 4.69) is 9.88 Å². The summed E-state index contributed by atoms with van der Waals surface area (Å²) in [4.78, 5) is 29.8. The van der Waals surface area contributed by atoms with Crippen LogP contribution < -0.4 is 5.32 Å². The van der Waals surface area contributed by atoms with Crippen LogP contribution in [0.4, 0.5) is 14.9 Å². The number of rotatable bonds is 5. The summed E-state index contributed by atoms with van der Waals surface area (Å²) in [6, 6.07) is 16.9. The lowest BCUT2D eigenvalue weighted by atomic mass is 9.99. The first-order chi connectivity index (χ1) is 15.8. The largest absolute Gasteiger partial charge is 0.348 e. The number of carbonyl (C=O) groups excluding carboxylic acids is 2. The molecule has 7 heteroatoms. The van der Waals surface area contributed by atoms with Gasteiger partial charge in [0.1, 0.15) is 12.4 Å². The third-order valence-corrected chi connectivity index (χ3v) is 6.02. The van der Waals surface area contributed by atoms with Gasteiger partial charge in [-0.3, -0.25) is 4.79 Å². The first-order valence-corrected chi connectivity index (χ1v) is 11.2. The maximum absolute atomic E-state index is 14.0. The second kappa shape index (κ2) is 9.48. The van der Waals surface area contributed by atoms with Gasteiger partial charge in [0.05, 0.1) is 6.04 Å². The lowest BCUT2D eigenvalue weighted by Gasteiger charge is -2.39. The van der Waals surface area contributed by atoms with E-state index in [1.807, 2.05) is 69.4 Å². The predicted molar refractivity (Wildman–Crippen MR) is 126 cm³/mol. The van der Waals surface area contributed by atoms with Crippen molar-refractivity contribution < 1.29 is 14.0 Å². The van der Waals surface area contributed by atoms with Gasteiger partial charge in [-0.05, 0) is 62.7 Å². The Morgan fingerprint density at radius 1 is 1.09 bits per heavy atom. The van der Waals surface area contributed by atoms with Gasteiger partial charge in [0.15, 0.2) is 0 Å². The average molecular weight is 449 g/mol. The van der Waals surface area contributed by atoms with Crippen LogP contribution in [0, 0.1) is 12.7 Å². The number of amides is 3. The van der Waals surface area contributed by atoms with Crippen LogP contribution in [0.1, 0.15) is 36.7 Å². The average Bonchev–Trinajstić information content (AvgIpc) is 3.26. The second-order valence-corrected chi connectivity index (χ2v) is 8.69. The fourth-order valence-electron chi connectivity index (χ4n) is 4.24. The van der Waals surface area contributed by atoms with Crippen LogP contribution in [0.5, 0.6) is 0 Å². The number of nitrogens with zero attached hydrogens (tertiary/aromatic N) is 3. The van der Waals surface area contributed by atoms with Gasteiger partial charge >= 0.3 is 6.03 Å². The minimum atomic E-state index is -0.411. The molecule has 0 saturated carbocycles. The number of nitrogens with one attached hydrogen (secondary N) is 1. The molecule has 0 bridgehead atoms. The zero-order valence-electron chi connectivity index (χ0n) is 19.2. The molecule has 4 rings (SSSR count). The molecule has 0 aliphatic carbocycles. The normalized spacial score (nSPS) is 15.3. The standard InChI is InChI=1S/C26H29FN4O2/c1-18(2)31(26(33)28-22-11-9-19(3)10-12-22)17-24(32)30-15-14-29-13-5-8-23(29)25(30)20-6-4-7-21(27)16-20/h4-13,16,18,25H,14-15,17H2,1-3H3,(H,28,33). The minimum Gasteiger partial charge on any atom is -0.348 e. The smallest absolute Gasteiger partial charge is 0.322 e. The Labute approximate surface area is 193 Å². The Morgan fingerprint density at radius 3 is 2.55 bits per heavy atom. The Hall–Kier alpha value is -3.61. The summed E-state index contributed by atoms with van der Waals surface area (Å²) in [5, 5.41) is 2.88. The van der Waals surface area contributed by atoms with Gasteiger partial charge in [-0.2, -0.15) is 0 Å². The summed E-state index contributed by atoms with van der Waals surface area (Å²) in [6.45, 7) is 6.81. The molecule has 1 unspecified atom stereocenters. The minimum absolute atomic E-state index is 0.0676. The highest BCUT2D eigenvalue weighted by atomic mass is 19.1. The zero-order valence-corrected chi connectivity index (χ0v) is 19.2. The fraction of sp³-hybridized carbons (Fsp3) is 0.308. The van der Waals surface area contributed by atoms with Crippen molar-refractivity contribution >= 4 is 17.6 Å². The van der Waals surface area contributed by atoms with Crippen molar-refractivity contribution in [2.75, 3.05) is 18.4 Å². The molecule has 3 amide bonds. The number of urea groups is 1. The Kier molecular flexibility index (Phi) is 6.49. The first-order valence-electron chi connectivity index (χ1n) is 11.2. The topological polar surface area (TPSA) is 57.6 Å². The summed E-state index contributed by atoms with van der Waals surface area (Å²) >= 11 is 0. The molecule has 1 aromatic heterocycles. The number of aryl methyl sites for hydroxylation is 1. The highest BCUT2D eigenvalue weighted by Gasteiger charge is 2.34. The van der Waals surface area contributed by atoms with Gasteiger partial charge in [-0.25, -0.2) is 9.18 Å². The molecule has 172 valence electrons. The van der Waals surface area contributed by atoms with Gasteiger partial charge in [0, 0.05) is 36.7 Å². The number of halogens is 1. The highest BCUT2D eigenvalue weighted by Crippen LogP contribution is 2.33. The van der Waals surface area contributed by atoms with Crippen LogP contribution >= 0.6 is 0 Å². The molecule has 6 nitrogen and oxygen atoms in total. The summed E-state index contributed by atoms with van der Waals surface area (Å²) in [7, 11) is 0. The quantitative estimate of drug-likeness (QED) is 0.609. The maximum Gasteiger partial charge on any atom is 0.322 e. The van der Waals surface area contributed by atoms with Crippen LogP contribution in [0.3, 0.4) is 0 Å². The van der Waals surface area contributed by atoms with E-state index in [-0.39, 0.29) is 30.3 Å². The molecular weight excluding hydrogens is 419 g/mol. The van der Waals surface area contributed by atoms with E-state index >= 15 is 0 Å². The summed E-state index contributed by atoms with van der Waals surface area (Å²) in [6.07, 6.45) is 1.97. The van der Waals surface area contributed by atoms with Gasteiger partial charge in [-0.15, -0.1) is 0 Å². The van der Waals surface area contributed by atoms with Crippen molar-refractivity contribution in [1.29, 1.82) is 0 Å². The Balaban J connectivity index is 1.56. The van der Waals surface area contributed by atoms with Crippen molar-refractivity contribution in [1.82, 2.24) is 14.4 Å². The van der Waals surface area contributed by atoms with Crippen molar-refractivity contribution in [3.8, 4) is 0 Å². The number of anilines is 1. The van der Waals surface area contributed by atoms with E-state index in [1.54, 1.807) is 11.0 Å². The first kappa shape index (κ1) is 22.6. The van der Waals surface area contributed by atoms with Crippen LogP contribution in [-0.4, -0.2) is 45.4 Å². The number of aromatic nitrogens is 1. The van der Waals surface area contributed by atoms with Crippen LogP contribution in [-0.2, 0) is 11.3 Å². The molecular formula is C26H29FN4O2. The number of hydrogen-bond acceptors (Lipinski definition) is 2. The third-order valence-electron chi connectivity index (χ3n) is 6.02. The lowest BCUT2D eigenvalue weighted by molar-refractivity contribution is -0.134. The Morgan fingerprint density at radius 2 is 1.85 bits per heavy atom. The van der Waals surface area contributed by atoms with Crippen molar-refractivity contribution in [3.63, 3.8) is 0 Å². The second-order valence-electron chi connectivity index (χ2n) is 8.69.